The number of hydrogen-bond acceptors (Lipinski definition) is 7. The molecule has 16 heteroatoms. The van der Waals surface area contributed by atoms with Crippen molar-refractivity contribution in [3.63, 3.8) is 0 Å². The van der Waals surface area contributed by atoms with Crippen molar-refractivity contribution in [1.82, 2.24) is 14.0 Å². The third kappa shape index (κ3) is 5.99. The lowest BCUT2D eigenvalue weighted by molar-refractivity contribution is -0.145. The predicted octanol–water partition coefficient (Wildman–Crippen LogP) is 3.37. The number of hydrogen-bond donors (Lipinski definition) is 0. The van der Waals surface area contributed by atoms with Crippen molar-refractivity contribution in [3.05, 3.63) is 68.2 Å². The molecule has 0 N–H and O–H groups in total. The van der Waals surface area contributed by atoms with E-state index in [1.165, 1.54) is 6.08 Å². The summed E-state index contributed by atoms with van der Waals surface area (Å²) in [6, 6.07) is 1.70. The first kappa shape index (κ1) is 29.1. The minimum Gasteiger partial charge on any atom is -0.463 e. The number of aromatic nitrogens is 2. The minimum atomic E-state index is -5.02. The molecule has 0 spiro atoms. The molecule has 0 aliphatic carbocycles. The van der Waals surface area contributed by atoms with Crippen LogP contribution in [0.25, 0.3) is 5.69 Å². The number of ether oxygens (including phenoxy) is 1. The first-order chi connectivity index (χ1) is 17.8. The van der Waals surface area contributed by atoms with Crippen molar-refractivity contribution >= 4 is 46.1 Å². The number of carbonyl (C=O) groups is 2. The zero-order chi connectivity index (χ0) is 28.4. The Morgan fingerprint density at radius 3 is 2.55 bits per heavy atom. The lowest BCUT2D eigenvalue weighted by Gasteiger charge is -2.16. The Bertz CT molecular complexity index is 1440. The summed E-state index contributed by atoms with van der Waals surface area (Å²) in [4.78, 5) is 55.1. The maximum atomic E-state index is 14.8. The highest BCUT2D eigenvalue weighted by molar-refractivity contribution is 8.15. The number of amides is 1. The number of aliphatic imine (C=N–C) groups is 1. The molecule has 1 amide bonds. The van der Waals surface area contributed by atoms with Crippen LogP contribution in [0.15, 0.2) is 45.4 Å². The molecule has 0 radical (unpaired) electrons. The third-order valence-corrected chi connectivity index (χ3v) is 6.59. The van der Waals surface area contributed by atoms with Crippen molar-refractivity contribution in [2.75, 3.05) is 19.8 Å². The smallest absolute Gasteiger partial charge is 0.431 e. The molecule has 9 nitrogen and oxygen atoms in total. The molecule has 1 fully saturated rings. The van der Waals surface area contributed by atoms with Crippen LogP contribution in [0.4, 0.5) is 27.6 Å². The average molecular weight is 581 g/mol. The molecule has 1 saturated heterocycles. The summed E-state index contributed by atoms with van der Waals surface area (Å²) < 4.78 is 71.5. The van der Waals surface area contributed by atoms with Gasteiger partial charge in [0.15, 0.2) is 5.17 Å². The van der Waals surface area contributed by atoms with Crippen molar-refractivity contribution in [3.8, 4) is 5.69 Å². The van der Waals surface area contributed by atoms with Crippen molar-refractivity contribution in [2.24, 2.45) is 12.0 Å². The standard InChI is InChI=1S/C22H18ClF5N4O5S/c1-3-5-31-19(35)15(9-18(34)37-6-4-24)38-20(31)29-13-8-14(12(25)7-11(13)23)32-17(33)10-16(22(26,27)28)30(2)21(32)36/h3,7-8,10,15H,1,4-6,9H2,2H3/b29-20-. The second kappa shape index (κ2) is 11.5. The van der Waals surface area contributed by atoms with Gasteiger partial charge in [0.1, 0.15) is 30.0 Å². The number of esters is 1. The normalized spacial score (nSPS) is 16.8. The molecular formula is C22H18ClF5N4O5S. The second-order valence-electron chi connectivity index (χ2n) is 7.65. The summed E-state index contributed by atoms with van der Waals surface area (Å²) in [6.45, 7) is 2.12. The van der Waals surface area contributed by atoms with Gasteiger partial charge in [0.2, 0.25) is 5.91 Å². The molecule has 2 heterocycles. The molecule has 0 bridgehead atoms. The van der Waals surface area contributed by atoms with Crippen LogP contribution in [-0.4, -0.2) is 56.2 Å². The first-order valence-electron chi connectivity index (χ1n) is 10.6. The van der Waals surface area contributed by atoms with E-state index in [2.05, 4.69) is 16.3 Å². The third-order valence-electron chi connectivity index (χ3n) is 5.11. The molecule has 1 atom stereocenters. The predicted molar refractivity (Wildman–Crippen MR) is 129 cm³/mol. The van der Waals surface area contributed by atoms with Crippen molar-refractivity contribution in [2.45, 2.75) is 17.8 Å². The maximum Gasteiger partial charge on any atom is 0.431 e. The molecule has 1 aliphatic heterocycles. The molecule has 38 heavy (non-hydrogen) atoms. The van der Waals surface area contributed by atoms with Crippen LogP contribution in [0.2, 0.25) is 5.02 Å². The fraction of sp³-hybridized carbons (Fsp3) is 0.318. The number of nitrogens with zero attached hydrogens (tertiary/aromatic N) is 4. The summed E-state index contributed by atoms with van der Waals surface area (Å²) in [5.74, 6) is -2.59. The van der Waals surface area contributed by atoms with Crippen LogP contribution in [0.5, 0.6) is 0 Å². The second-order valence-corrected chi connectivity index (χ2v) is 9.23. The van der Waals surface area contributed by atoms with E-state index >= 15 is 0 Å². The Kier molecular flexibility index (Phi) is 8.82. The maximum absolute atomic E-state index is 14.8. The van der Waals surface area contributed by atoms with E-state index in [4.69, 9.17) is 11.6 Å². The Morgan fingerprint density at radius 1 is 1.26 bits per heavy atom. The summed E-state index contributed by atoms with van der Waals surface area (Å²) in [6.07, 6.45) is -4.06. The SMILES string of the molecule is C=CCN1C(=O)C(CC(=O)OCCF)S/C1=N\c1cc(-n2c(=O)cc(C(F)(F)F)n(C)c2=O)c(F)cc1Cl. The number of amidine groups is 1. The van der Waals surface area contributed by atoms with Gasteiger partial charge in [-0.05, 0) is 12.1 Å². The monoisotopic (exact) mass is 580 g/mol. The Hall–Kier alpha value is -3.46. The molecule has 1 aliphatic rings. The Morgan fingerprint density at radius 2 is 1.95 bits per heavy atom. The number of alkyl halides is 4. The van der Waals surface area contributed by atoms with Gasteiger partial charge >= 0.3 is 17.8 Å². The summed E-state index contributed by atoms with van der Waals surface area (Å²) in [5, 5.41) is -1.32. The number of carbonyl (C=O) groups excluding carboxylic acids is 2. The van der Waals surface area contributed by atoms with Crippen LogP contribution >= 0.6 is 23.4 Å². The summed E-state index contributed by atoms with van der Waals surface area (Å²) in [5.41, 5.74) is -5.43. The van der Waals surface area contributed by atoms with E-state index < -0.39 is 71.5 Å². The lowest BCUT2D eigenvalue weighted by Crippen LogP contribution is -2.41. The van der Waals surface area contributed by atoms with Gasteiger partial charge in [0.05, 0.1) is 22.8 Å². The van der Waals surface area contributed by atoms with Gasteiger partial charge in [-0.2, -0.15) is 13.2 Å². The van der Waals surface area contributed by atoms with Gasteiger partial charge < -0.3 is 4.74 Å². The Labute approximate surface area is 220 Å². The lowest BCUT2D eigenvalue weighted by atomic mass is 10.2. The van der Waals surface area contributed by atoms with Crippen LogP contribution in [0.1, 0.15) is 12.1 Å². The van der Waals surface area contributed by atoms with Crippen LogP contribution in [-0.2, 0) is 27.5 Å². The van der Waals surface area contributed by atoms with Gasteiger partial charge in [-0.1, -0.05) is 29.4 Å². The molecule has 2 aromatic rings. The van der Waals surface area contributed by atoms with Crippen LogP contribution < -0.4 is 11.2 Å². The first-order valence-corrected chi connectivity index (χ1v) is 11.8. The average Bonchev–Trinajstić information content (AvgIpc) is 3.11. The molecule has 204 valence electrons. The molecular weight excluding hydrogens is 563 g/mol. The number of halogens is 6. The van der Waals surface area contributed by atoms with Gasteiger partial charge in [0.25, 0.3) is 5.56 Å². The minimum absolute atomic E-state index is 0.00896. The molecule has 0 saturated carbocycles. The highest BCUT2D eigenvalue weighted by Gasteiger charge is 2.39. The molecule has 1 aromatic carbocycles. The van der Waals surface area contributed by atoms with Gasteiger partial charge in [-0.3, -0.25) is 23.9 Å². The van der Waals surface area contributed by atoms with Crippen LogP contribution in [0.3, 0.4) is 0 Å². The van der Waals surface area contributed by atoms with Crippen molar-refractivity contribution < 1.29 is 36.3 Å². The van der Waals surface area contributed by atoms with E-state index in [1.54, 1.807) is 0 Å². The summed E-state index contributed by atoms with van der Waals surface area (Å²) >= 11 is 6.92. The van der Waals surface area contributed by atoms with E-state index in [0.29, 0.717) is 6.07 Å². The van der Waals surface area contributed by atoms with Gasteiger partial charge in [-0.25, -0.2) is 23.1 Å². The van der Waals surface area contributed by atoms with Crippen LogP contribution in [0, 0.1) is 5.82 Å². The van der Waals surface area contributed by atoms with Crippen molar-refractivity contribution in [1.29, 1.82) is 0 Å². The molecule has 1 aromatic heterocycles. The van der Waals surface area contributed by atoms with Gasteiger partial charge in [0, 0.05) is 19.7 Å². The topological polar surface area (TPSA) is 103 Å². The number of benzene rings is 1. The largest absolute Gasteiger partial charge is 0.463 e. The number of thioether (sulfide) groups is 1. The Balaban J connectivity index is 2.08. The molecule has 1 unspecified atom stereocenters. The van der Waals surface area contributed by atoms with E-state index in [-0.39, 0.29) is 37.6 Å². The fourth-order valence-electron chi connectivity index (χ4n) is 3.39. The van der Waals surface area contributed by atoms with E-state index in [1.807, 2.05) is 0 Å². The highest BCUT2D eigenvalue weighted by Crippen LogP contribution is 2.35. The molecule has 3 rings (SSSR count). The summed E-state index contributed by atoms with van der Waals surface area (Å²) in [7, 11) is 0.767. The van der Waals surface area contributed by atoms with E-state index in [9.17, 15) is 41.1 Å². The van der Waals surface area contributed by atoms with Gasteiger partial charge in [-0.15, -0.1) is 6.58 Å². The van der Waals surface area contributed by atoms with E-state index in [0.717, 1.165) is 29.8 Å². The number of rotatable bonds is 8. The fourth-order valence-corrected chi connectivity index (χ4v) is 4.73. The highest BCUT2D eigenvalue weighted by atomic mass is 35.5. The zero-order valence-corrected chi connectivity index (χ0v) is 21.0. The quantitative estimate of drug-likeness (QED) is 0.270. The zero-order valence-electron chi connectivity index (χ0n) is 19.4.